The van der Waals surface area contributed by atoms with Crippen LogP contribution in [0.5, 0.6) is 0 Å². The molecule has 0 saturated carbocycles. The first-order valence-electron chi connectivity index (χ1n) is 9.30. The van der Waals surface area contributed by atoms with E-state index in [0.717, 1.165) is 27.6 Å². The Labute approximate surface area is 174 Å². The van der Waals surface area contributed by atoms with Crippen LogP contribution in [0.4, 0.5) is 0 Å². The molecule has 30 heavy (non-hydrogen) atoms. The summed E-state index contributed by atoms with van der Waals surface area (Å²) in [6, 6.07) is 13.0. The molecule has 0 radical (unpaired) electrons. The van der Waals surface area contributed by atoms with Crippen molar-refractivity contribution in [3.8, 4) is 6.07 Å². The van der Waals surface area contributed by atoms with Gasteiger partial charge in [-0.3, -0.25) is 4.99 Å². The number of aliphatic imine (C=N–C) groups is 1. The Morgan fingerprint density at radius 3 is 2.80 bits per heavy atom. The predicted molar refractivity (Wildman–Crippen MR) is 116 cm³/mol. The molecule has 0 fully saturated rings. The molecule has 4 N–H and O–H groups in total. The van der Waals surface area contributed by atoms with Gasteiger partial charge >= 0.3 is 5.97 Å². The average Bonchev–Trinajstić information content (AvgIpc) is 3.17. The zero-order valence-electron chi connectivity index (χ0n) is 16.8. The molecule has 2 aromatic carbocycles. The Balaban J connectivity index is 1.57. The lowest BCUT2D eigenvalue weighted by Gasteiger charge is -2.03. The summed E-state index contributed by atoms with van der Waals surface area (Å²) in [5.74, 6) is -0.161. The van der Waals surface area contributed by atoms with Crippen LogP contribution in [-0.2, 0) is 11.2 Å². The van der Waals surface area contributed by atoms with Crippen LogP contribution >= 0.6 is 0 Å². The second kappa shape index (κ2) is 9.39. The van der Waals surface area contributed by atoms with Gasteiger partial charge in [0.05, 0.1) is 30.5 Å². The topological polar surface area (TPSA) is 129 Å². The highest BCUT2D eigenvalue weighted by Crippen LogP contribution is 2.22. The summed E-state index contributed by atoms with van der Waals surface area (Å²) in [5, 5.41) is 14.2. The Bertz CT molecular complexity index is 1150. The van der Waals surface area contributed by atoms with Gasteiger partial charge in [0.25, 0.3) is 0 Å². The number of benzene rings is 2. The summed E-state index contributed by atoms with van der Waals surface area (Å²) in [5.41, 5.74) is 13.5. The molecule has 0 spiro atoms. The zero-order chi connectivity index (χ0) is 21.5. The van der Waals surface area contributed by atoms with Crippen LogP contribution in [0.15, 0.2) is 52.7 Å². The van der Waals surface area contributed by atoms with Crippen LogP contribution < -0.4 is 11.2 Å². The number of nitriles is 1. The van der Waals surface area contributed by atoms with E-state index in [0.29, 0.717) is 24.1 Å². The maximum absolute atomic E-state index is 11.4. The van der Waals surface area contributed by atoms with Crippen LogP contribution in [0.1, 0.15) is 32.6 Å². The van der Waals surface area contributed by atoms with E-state index in [2.05, 4.69) is 31.3 Å². The van der Waals surface area contributed by atoms with Crippen molar-refractivity contribution < 1.29 is 9.53 Å². The zero-order valence-corrected chi connectivity index (χ0v) is 16.8. The number of rotatable bonds is 6. The number of ether oxygens (including phenoxy) is 1. The third kappa shape index (κ3) is 4.83. The molecule has 1 aromatic heterocycles. The normalized spacial score (nSPS) is 11.6. The van der Waals surface area contributed by atoms with Gasteiger partial charge in [0.2, 0.25) is 5.96 Å². The number of hydrogen-bond acceptors (Lipinski definition) is 5. The number of nitrogens with zero attached hydrogens (tertiary/aromatic N) is 3. The number of hydrogen-bond donors (Lipinski definition) is 3. The predicted octanol–water partition coefficient (Wildman–Crippen LogP) is 2.62. The average molecular weight is 402 g/mol. The van der Waals surface area contributed by atoms with E-state index < -0.39 is 0 Å². The second-order valence-corrected chi connectivity index (χ2v) is 6.65. The number of nitrogens with two attached hydrogens (primary N) is 1. The Hall–Kier alpha value is -4.12. The highest BCUT2D eigenvalue weighted by molar-refractivity contribution is 6.01. The fraction of sp³-hybridized carbons (Fsp3) is 0.182. The lowest BCUT2D eigenvalue weighted by atomic mass is 10.1. The van der Waals surface area contributed by atoms with E-state index in [4.69, 9.17) is 11.0 Å². The molecule has 0 amide bonds. The monoisotopic (exact) mass is 402 g/mol. The first-order valence-corrected chi connectivity index (χ1v) is 9.30. The minimum atomic E-state index is -0.361. The molecule has 1 heterocycles. The van der Waals surface area contributed by atoms with E-state index >= 15 is 0 Å². The summed E-state index contributed by atoms with van der Waals surface area (Å²) in [6.45, 7) is 2.43. The van der Waals surface area contributed by atoms with Crippen molar-refractivity contribution in [2.75, 3.05) is 13.7 Å². The molecule has 0 aliphatic rings. The third-order valence-corrected chi connectivity index (χ3v) is 4.59. The van der Waals surface area contributed by atoms with Crippen molar-refractivity contribution in [1.29, 1.82) is 5.26 Å². The summed E-state index contributed by atoms with van der Waals surface area (Å²) in [6.07, 6.45) is 4.13. The molecular weight excluding hydrogens is 380 g/mol. The van der Waals surface area contributed by atoms with Crippen LogP contribution in [0.2, 0.25) is 0 Å². The lowest BCUT2D eigenvalue weighted by Crippen LogP contribution is -2.27. The van der Waals surface area contributed by atoms with Gasteiger partial charge in [-0.15, -0.1) is 0 Å². The Morgan fingerprint density at radius 1 is 1.33 bits per heavy atom. The quantitative estimate of drug-likeness (QED) is 0.253. The van der Waals surface area contributed by atoms with E-state index in [1.807, 2.05) is 37.4 Å². The molecular formula is C22H22N6O2. The summed E-state index contributed by atoms with van der Waals surface area (Å²) in [4.78, 5) is 18.9. The number of aryl methyl sites for hydroxylation is 1. The fourth-order valence-corrected chi connectivity index (χ4v) is 3.04. The number of aromatic nitrogens is 1. The van der Waals surface area contributed by atoms with Gasteiger partial charge in [-0.2, -0.15) is 10.4 Å². The molecule has 152 valence electrons. The highest BCUT2D eigenvalue weighted by Gasteiger charge is 2.06. The Kier molecular flexibility index (Phi) is 6.45. The van der Waals surface area contributed by atoms with Crippen LogP contribution in [-0.4, -0.2) is 36.8 Å². The van der Waals surface area contributed by atoms with Crippen LogP contribution in [0.3, 0.4) is 0 Å². The molecule has 3 aromatic rings. The van der Waals surface area contributed by atoms with Gasteiger partial charge in [-0.1, -0.05) is 12.1 Å². The van der Waals surface area contributed by atoms with Crippen molar-refractivity contribution in [2.24, 2.45) is 15.8 Å². The molecule has 0 atom stereocenters. The maximum Gasteiger partial charge on any atom is 0.337 e. The number of carbonyl (C=O) groups is 1. The first-order chi connectivity index (χ1) is 14.5. The molecule has 8 nitrogen and oxygen atoms in total. The number of aromatic amines is 1. The number of esters is 1. The highest BCUT2D eigenvalue weighted by atomic mass is 16.5. The van der Waals surface area contributed by atoms with E-state index in [1.54, 1.807) is 18.3 Å². The van der Waals surface area contributed by atoms with Crippen molar-refractivity contribution in [3.05, 3.63) is 70.4 Å². The largest absolute Gasteiger partial charge is 0.465 e. The summed E-state index contributed by atoms with van der Waals surface area (Å²) in [7, 11) is 1.35. The summed E-state index contributed by atoms with van der Waals surface area (Å²) < 4.78 is 4.68. The number of H-pyrrole nitrogens is 1. The number of fused-ring (bicyclic) bond motifs is 1. The summed E-state index contributed by atoms with van der Waals surface area (Å²) >= 11 is 0. The van der Waals surface area contributed by atoms with Gasteiger partial charge in [-0.05, 0) is 48.7 Å². The minimum Gasteiger partial charge on any atom is -0.465 e. The number of hydrazone groups is 1. The number of methoxy groups -OCH3 is 1. The van der Waals surface area contributed by atoms with Gasteiger partial charge in [0.1, 0.15) is 0 Å². The SMILES string of the molecule is COC(=O)c1ccc(CCN=C(N)NN=Cc2c[nH]c3c(C)cc(C#N)cc23)cc1. The number of guanidine groups is 1. The van der Waals surface area contributed by atoms with Gasteiger partial charge in [0, 0.05) is 29.2 Å². The molecule has 3 rings (SSSR count). The van der Waals surface area contributed by atoms with Crippen molar-refractivity contribution in [1.82, 2.24) is 10.4 Å². The van der Waals surface area contributed by atoms with Crippen molar-refractivity contribution >= 4 is 29.0 Å². The fourth-order valence-electron chi connectivity index (χ4n) is 3.04. The first kappa shape index (κ1) is 20.6. The smallest absolute Gasteiger partial charge is 0.337 e. The molecule has 8 heteroatoms. The molecule has 0 aliphatic carbocycles. The maximum atomic E-state index is 11.4. The molecule has 0 aliphatic heterocycles. The molecule has 0 bridgehead atoms. The standard InChI is InChI=1S/C22H22N6O2/c1-14-9-16(11-23)10-19-18(12-26-20(14)19)13-27-28-22(24)25-8-7-15-3-5-17(6-4-15)21(29)30-2/h3-6,9-10,12-13,26H,7-8H2,1-2H3,(H3,24,25,28). The van der Waals surface area contributed by atoms with E-state index in [-0.39, 0.29) is 11.9 Å². The second-order valence-electron chi connectivity index (χ2n) is 6.65. The number of nitrogens with one attached hydrogen (secondary N) is 2. The molecule has 0 unspecified atom stereocenters. The number of carbonyl (C=O) groups excluding carboxylic acids is 1. The van der Waals surface area contributed by atoms with E-state index in [1.165, 1.54) is 7.11 Å². The van der Waals surface area contributed by atoms with Gasteiger partial charge < -0.3 is 15.5 Å². The molecule has 0 saturated heterocycles. The van der Waals surface area contributed by atoms with Crippen LogP contribution in [0.25, 0.3) is 10.9 Å². The van der Waals surface area contributed by atoms with Crippen molar-refractivity contribution in [3.63, 3.8) is 0 Å². The van der Waals surface area contributed by atoms with Crippen molar-refractivity contribution in [2.45, 2.75) is 13.3 Å². The minimum absolute atomic E-state index is 0.200. The Morgan fingerprint density at radius 2 is 2.10 bits per heavy atom. The van der Waals surface area contributed by atoms with Gasteiger partial charge in [0.15, 0.2) is 0 Å². The lowest BCUT2D eigenvalue weighted by molar-refractivity contribution is 0.0600. The third-order valence-electron chi connectivity index (χ3n) is 4.59. The van der Waals surface area contributed by atoms with Gasteiger partial charge in [-0.25, -0.2) is 10.2 Å². The van der Waals surface area contributed by atoms with Crippen LogP contribution in [0, 0.1) is 18.3 Å². The van der Waals surface area contributed by atoms with E-state index in [9.17, 15) is 4.79 Å².